The number of nitrogens with one attached hydrogen (secondary N) is 2. The Morgan fingerprint density at radius 1 is 1.18 bits per heavy atom. The molecule has 6 heterocycles. The fraction of sp³-hybridized carbons (Fsp3) is 0.529. The molecule has 1 spiro atoms. The number of carbonyl (C=O) groups is 1. The van der Waals surface area contributed by atoms with Gasteiger partial charge in [0.1, 0.15) is 16.9 Å². The van der Waals surface area contributed by atoms with Crippen molar-refractivity contribution in [2.75, 3.05) is 55.8 Å². The Hall–Kier alpha value is -4.52. The third-order valence-electron chi connectivity index (χ3n) is 10.4. The Balaban J connectivity index is 1.19. The number of urea groups is 1. The molecule has 2 aliphatic heterocycles. The molecule has 2 amide bonds. The minimum absolute atomic E-state index is 0.0139. The molecule has 1 unspecified atom stereocenters. The van der Waals surface area contributed by atoms with Crippen molar-refractivity contribution in [2.24, 2.45) is 0 Å². The maximum Gasteiger partial charge on any atom is 0.320 e. The third kappa shape index (κ3) is 5.71. The van der Waals surface area contributed by atoms with Crippen molar-refractivity contribution < 1.29 is 14.1 Å². The largest absolute Gasteiger partial charge is 0.389 e. The van der Waals surface area contributed by atoms with E-state index in [9.17, 15) is 10.1 Å². The van der Waals surface area contributed by atoms with Crippen LogP contribution in [0.2, 0.25) is 0 Å². The summed E-state index contributed by atoms with van der Waals surface area (Å²) in [5.41, 5.74) is 9.17. The highest BCUT2D eigenvalue weighted by Gasteiger charge is 2.49. The summed E-state index contributed by atoms with van der Waals surface area (Å²) in [6, 6.07) is 5.97. The molecule has 2 aliphatic carbocycles. The van der Waals surface area contributed by atoms with E-state index in [0.717, 1.165) is 93.7 Å². The van der Waals surface area contributed by atoms with E-state index in [4.69, 9.17) is 25.0 Å². The number of amides is 2. The number of aromatic nitrogens is 5. The number of hydrogen-bond acceptors (Lipinski definition) is 12. The van der Waals surface area contributed by atoms with Gasteiger partial charge in [0.2, 0.25) is 0 Å². The van der Waals surface area contributed by atoms with Gasteiger partial charge in [-0.2, -0.15) is 5.26 Å². The van der Waals surface area contributed by atoms with Crippen molar-refractivity contribution in [1.82, 2.24) is 35.1 Å². The van der Waals surface area contributed by atoms with Gasteiger partial charge in [-0.1, -0.05) is 5.16 Å². The van der Waals surface area contributed by atoms with Gasteiger partial charge in [-0.05, 0) is 77.4 Å². The van der Waals surface area contributed by atoms with Gasteiger partial charge in [-0.3, -0.25) is 5.32 Å². The van der Waals surface area contributed by atoms with Gasteiger partial charge < -0.3 is 30.1 Å². The molecule has 8 rings (SSSR count). The van der Waals surface area contributed by atoms with E-state index in [-0.39, 0.29) is 18.1 Å². The second-order valence-electron chi connectivity index (χ2n) is 13.8. The quantitative estimate of drug-likeness (QED) is 0.274. The molecule has 49 heavy (non-hydrogen) atoms. The molecular formula is C34H41N11O3S. The second-order valence-corrected chi connectivity index (χ2v) is 14.9. The number of fused-ring (bicyclic) bond motifs is 4. The van der Waals surface area contributed by atoms with Crippen molar-refractivity contribution in [3.63, 3.8) is 0 Å². The standard InChI is InChI=1S/C34H41N11O3S/c1-20-18-43(2)12-5-13-44(20)26-16-27(45-14-8-25(41-45)38-33(46)37-21-9-15-47-19-21)40-32(39-26)29-22-6-3-10-34(30(22)48-42-29)11-4-7-24-28(34)23(17-35)31(36)49-24/h8,14,16,20-21H,3-7,9-13,15,18-19,36H2,1-2H3,(H2,37,38,41,46)/t20-,21-,34?/m0/s1. The lowest BCUT2D eigenvalue weighted by molar-refractivity contribution is 0.189. The molecule has 15 heteroatoms. The summed E-state index contributed by atoms with van der Waals surface area (Å²) in [7, 11) is 2.15. The Bertz CT molecular complexity index is 1920. The Morgan fingerprint density at radius 3 is 2.84 bits per heavy atom. The normalized spacial score (nSPS) is 23.9. The van der Waals surface area contributed by atoms with Crippen LogP contribution in [0.1, 0.15) is 72.8 Å². The number of nitrogens with zero attached hydrogens (tertiary/aromatic N) is 8. The lowest BCUT2D eigenvalue weighted by Gasteiger charge is -2.39. The van der Waals surface area contributed by atoms with Gasteiger partial charge >= 0.3 is 6.03 Å². The average molecular weight is 684 g/mol. The van der Waals surface area contributed by atoms with Crippen LogP contribution in [0.5, 0.6) is 0 Å². The van der Waals surface area contributed by atoms with E-state index in [1.807, 2.05) is 6.07 Å². The first-order chi connectivity index (χ1) is 23.8. The fourth-order valence-corrected chi connectivity index (χ4v) is 9.39. The minimum atomic E-state index is -0.441. The highest BCUT2D eigenvalue weighted by atomic mass is 32.1. The van der Waals surface area contributed by atoms with Crippen molar-refractivity contribution in [3.05, 3.63) is 45.7 Å². The van der Waals surface area contributed by atoms with Crippen molar-refractivity contribution in [3.8, 4) is 23.4 Å². The molecule has 0 radical (unpaired) electrons. The monoisotopic (exact) mass is 683 g/mol. The zero-order chi connectivity index (χ0) is 33.7. The molecule has 4 N–H and O–H groups in total. The summed E-state index contributed by atoms with van der Waals surface area (Å²) in [5.74, 6) is 3.02. The highest BCUT2D eigenvalue weighted by Crippen LogP contribution is 2.55. The number of nitrogen functional groups attached to an aromatic ring is 1. The van der Waals surface area contributed by atoms with E-state index >= 15 is 0 Å². The van der Waals surface area contributed by atoms with E-state index < -0.39 is 5.41 Å². The van der Waals surface area contributed by atoms with Crippen LogP contribution in [-0.4, -0.2) is 87.8 Å². The van der Waals surface area contributed by atoms with Crippen molar-refractivity contribution in [2.45, 2.75) is 75.8 Å². The molecule has 0 aromatic carbocycles. The summed E-state index contributed by atoms with van der Waals surface area (Å²) >= 11 is 1.53. The number of aryl methyl sites for hydroxylation is 1. The minimum Gasteiger partial charge on any atom is -0.389 e. The average Bonchev–Trinajstić information content (AvgIpc) is 3.89. The van der Waals surface area contributed by atoms with Gasteiger partial charge in [0.25, 0.3) is 0 Å². The van der Waals surface area contributed by atoms with E-state index in [1.165, 1.54) is 16.2 Å². The van der Waals surface area contributed by atoms with Crippen LogP contribution in [0.3, 0.4) is 0 Å². The Morgan fingerprint density at radius 2 is 2.02 bits per heavy atom. The van der Waals surface area contributed by atoms with Crippen LogP contribution >= 0.6 is 11.3 Å². The topological polar surface area (TPSA) is 176 Å². The van der Waals surface area contributed by atoms with E-state index in [1.54, 1.807) is 16.9 Å². The number of likely N-dealkylation sites (N-methyl/N-ethyl adjacent to an activating group) is 1. The highest BCUT2D eigenvalue weighted by molar-refractivity contribution is 7.16. The molecule has 4 aliphatic rings. The molecule has 0 saturated carbocycles. The molecule has 4 aromatic rings. The van der Waals surface area contributed by atoms with Gasteiger partial charge in [-0.15, -0.1) is 16.4 Å². The maximum absolute atomic E-state index is 12.7. The molecule has 2 fully saturated rings. The SMILES string of the molecule is C[C@H]1CN(C)CCCN1c1cc(-n2ccc(NC(=O)N[C@H]3CCOC3)n2)nc(-c2noc3c2CCCC32CCCc3sc(N)c(C#N)c32)n1. The van der Waals surface area contributed by atoms with Crippen molar-refractivity contribution >= 4 is 34.0 Å². The second kappa shape index (κ2) is 12.7. The molecule has 3 atom stereocenters. The molecule has 0 bridgehead atoms. The number of rotatable bonds is 5. The Labute approximate surface area is 288 Å². The lowest BCUT2D eigenvalue weighted by atomic mass is 9.63. The summed E-state index contributed by atoms with van der Waals surface area (Å²) in [4.78, 5) is 28.7. The predicted octanol–water partition coefficient (Wildman–Crippen LogP) is 4.23. The lowest BCUT2D eigenvalue weighted by Crippen LogP contribution is -2.38. The molecule has 14 nitrogen and oxygen atoms in total. The first-order valence-electron chi connectivity index (χ1n) is 17.2. The van der Waals surface area contributed by atoms with Crippen LogP contribution < -0.4 is 21.3 Å². The van der Waals surface area contributed by atoms with Gasteiger partial charge in [0.15, 0.2) is 28.9 Å². The maximum atomic E-state index is 12.7. The van der Waals surface area contributed by atoms with Crippen LogP contribution in [0.4, 0.5) is 21.4 Å². The van der Waals surface area contributed by atoms with E-state index in [0.29, 0.717) is 46.9 Å². The fourth-order valence-electron chi connectivity index (χ4n) is 8.23. The van der Waals surface area contributed by atoms with Gasteiger partial charge in [-0.25, -0.2) is 19.4 Å². The summed E-state index contributed by atoms with van der Waals surface area (Å²) < 4.78 is 13.3. The van der Waals surface area contributed by atoms with Gasteiger partial charge in [0, 0.05) is 54.5 Å². The first kappa shape index (κ1) is 31.7. The van der Waals surface area contributed by atoms with Gasteiger partial charge in [0.05, 0.1) is 23.6 Å². The summed E-state index contributed by atoms with van der Waals surface area (Å²) in [6.45, 7) is 6.12. The number of anilines is 3. The number of nitriles is 1. The molecule has 256 valence electrons. The molecular weight excluding hydrogens is 643 g/mol. The number of ether oxygens (including phenoxy) is 1. The zero-order valence-corrected chi connectivity index (χ0v) is 28.7. The first-order valence-corrected chi connectivity index (χ1v) is 18.0. The van der Waals surface area contributed by atoms with Crippen LogP contribution in [0.25, 0.3) is 17.3 Å². The number of thiophene rings is 1. The van der Waals surface area contributed by atoms with Crippen LogP contribution in [-0.2, 0) is 23.0 Å². The Kier molecular flexibility index (Phi) is 8.25. The zero-order valence-electron chi connectivity index (χ0n) is 27.9. The molecule has 2 saturated heterocycles. The molecule has 4 aromatic heterocycles. The van der Waals surface area contributed by atoms with Crippen LogP contribution in [0.15, 0.2) is 22.9 Å². The number of hydrogen-bond donors (Lipinski definition) is 3. The van der Waals surface area contributed by atoms with Crippen LogP contribution in [0, 0.1) is 11.3 Å². The summed E-state index contributed by atoms with van der Waals surface area (Å²) in [5, 5.41) is 25.8. The number of nitrogens with two attached hydrogens (primary N) is 1. The third-order valence-corrected chi connectivity index (χ3v) is 11.5. The summed E-state index contributed by atoms with van der Waals surface area (Å²) in [6.07, 6.45) is 8.93. The van der Waals surface area contributed by atoms with Crippen molar-refractivity contribution in [1.29, 1.82) is 5.26 Å². The smallest absolute Gasteiger partial charge is 0.320 e. The predicted molar refractivity (Wildman–Crippen MR) is 185 cm³/mol. The van der Waals surface area contributed by atoms with E-state index in [2.05, 4.69) is 50.7 Å². The number of carbonyl (C=O) groups excluding carboxylic acids is 1.